The summed E-state index contributed by atoms with van der Waals surface area (Å²) >= 11 is 0. The number of pyridine rings is 1. The molecule has 4 aromatic rings. The lowest BCUT2D eigenvalue weighted by Crippen LogP contribution is -2.20. The second-order valence-corrected chi connectivity index (χ2v) is 6.92. The number of hydrogen-bond donors (Lipinski definition) is 0. The van der Waals surface area contributed by atoms with Crippen molar-refractivity contribution in [1.82, 2.24) is 19.6 Å². The van der Waals surface area contributed by atoms with Crippen LogP contribution in [0.5, 0.6) is 11.9 Å². The monoisotopic (exact) mass is 486 g/mol. The van der Waals surface area contributed by atoms with E-state index in [1.165, 1.54) is 36.4 Å². The zero-order valence-electron chi connectivity index (χ0n) is 16.9. The molecule has 34 heavy (non-hydrogen) atoms. The third-order valence-corrected chi connectivity index (χ3v) is 4.38. The molecule has 6 nitrogen and oxygen atoms in total. The summed E-state index contributed by atoms with van der Waals surface area (Å²) in [6.07, 6.45) is -8.06. The molecule has 0 saturated carbocycles. The zero-order chi connectivity index (χ0) is 24.5. The predicted molar refractivity (Wildman–Crippen MR) is 105 cm³/mol. The Morgan fingerprint density at radius 2 is 1.50 bits per heavy atom. The summed E-state index contributed by atoms with van der Waals surface area (Å²) in [4.78, 5) is 7.67. The molecule has 0 radical (unpaired) electrons. The summed E-state index contributed by atoms with van der Waals surface area (Å²) in [6, 6.07) is 10.1. The number of hydrogen-bond acceptors (Lipinski definition) is 5. The van der Waals surface area contributed by atoms with Gasteiger partial charge in [0.25, 0.3) is 0 Å². The van der Waals surface area contributed by atoms with Crippen LogP contribution in [-0.2, 0) is 0 Å². The van der Waals surface area contributed by atoms with E-state index in [4.69, 9.17) is 4.74 Å². The molecule has 0 unspecified atom stereocenters. The largest absolute Gasteiger partial charge is 0.468 e. The van der Waals surface area contributed by atoms with Crippen LogP contribution in [-0.4, -0.2) is 45.1 Å². The summed E-state index contributed by atoms with van der Waals surface area (Å²) in [6.45, 7) is -3.19. The van der Waals surface area contributed by atoms with E-state index in [1.54, 1.807) is 0 Å². The number of fused-ring (bicyclic) bond motifs is 1. The zero-order valence-corrected chi connectivity index (χ0v) is 16.9. The highest BCUT2D eigenvalue weighted by Crippen LogP contribution is 2.36. The molecule has 0 spiro atoms. The number of alkyl halides is 6. The van der Waals surface area contributed by atoms with Crippen molar-refractivity contribution < 1.29 is 40.2 Å². The first-order chi connectivity index (χ1) is 16.0. The molecule has 0 N–H and O–H groups in total. The highest BCUT2D eigenvalue weighted by Gasteiger charge is 2.30. The SMILES string of the molecule is Fc1ccc(-c2nn3c(OCC(F)(F)F)cccc3c2-c2ccnc(OCC(F)(F)F)n2)cc1. The number of halogens is 7. The molecule has 178 valence electrons. The van der Waals surface area contributed by atoms with Gasteiger partial charge in [-0.25, -0.2) is 9.37 Å². The highest BCUT2D eigenvalue weighted by atomic mass is 19.4. The number of ether oxygens (including phenoxy) is 2. The van der Waals surface area contributed by atoms with Crippen molar-refractivity contribution in [3.05, 3.63) is 60.5 Å². The van der Waals surface area contributed by atoms with Gasteiger partial charge in [0, 0.05) is 17.8 Å². The molecule has 0 atom stereocenters. The Morgan fingerprint density at radius 1 is 0.824 bits per heavy atom. The van der Waals surface area contributed by atoms with E-state index >= 15 is 0 Å². The number of aromatic nitrogens is 4. The fraction of sp³-hybridized carbons (Fsp3) is 0.190. The molecular formula is C21H13F7N4O2. The standard InChI is InChI=1S/C21H13F7N4O2/c22-13-6-4-12(5-7-13)18-17(14-8-9-29-19(30-14)34-11-21(26,27)28)15-2-1-3-16(32(15)31-18)33-10-20(23,24)25/h1-9H,10-11H2. The summed E-state index contributed by atoms with van der Waals surface area (Å²) in [7, 11) is 0. The van der Waals surface area contributed by atoms with E-state index in [1.807, 2.05) is 0 Å². The maximum absolute atomic E-state index is 13.5. The van der Waals surface area contributed by atoms with Crippen LogP contribution in [0.25, 0.3) is 28.0 Å². The van der Waals surface area contributed by atoms with Crippen molar-refractivity contribution in [2.45, 2.75) is 12.4 Å². The van der Waals surface area contributed by atoms with Crippen molar-refractivity contribution in [3.63, 3.8) is 0 Å². The fourth-order valence-electron chi connectivity index (χ4n) is 3.07. The number of nitrogens with zero attached hydrogens (tertiary/aromatic N) is 4. The van der Waals surface area contributed by atoms with Crippen LogP contribution in [0, 0.1) is 5.82 Å². The smallest absolute Gasteiger partial charge is 0.422 e. The van der Waals surface area contributed by atoms with Crippen LogP contribution in [0.1, 0.15) is 0 Å². The lowest BCUT2D eigenvalue weighted by atomic mass is 10.0. The Balaban J connectivity index is 1.86. The normalized spacial score (nSPS) is 12.2. The summed E-state index contributed by atoms with van der Waals surface area (Å²) in [5.74, 6) is -0.778. The number of benzene rings is 1. The molecule has 0 amide bonds. The second-order valence-electron chi connectivity index (χ2n) is 6.92. The van der Waals surface area contributed by atoms with Gasteiger partial charge < -0.3 is 9.47 Å². The first-order valence-corrected chi connectivity index (χ1v) is 9.50. The van der Waals surface area contributed by atoms with Crippen molar-refractivity contribution in [2.24, 2.45) is 0 Å². The number of rotatable bonds is 6. The minimum atomic E-state index is -4.62. The molecule has 0 aliphatic rings. The summed E-state index contributed by atoms with van der Waals surface area (Å²) in [5, 5.41) is 4.33. The molecule has 3 aromatic heterocycles. The molecule has 3 heterocycles. The first-order valence-electron chi connectivity index (χ1n) is 9.50. The second kappa shape index (κ2) is 8.80. The average molecular weight is 486 g/mol. The van der Waals surface area contributed by atoms with Gasteiger partial charge in [0.1, 0.15) is 11.5 Å². The Morgan fingerprint density at radius 3 is 2.18 bits per heavy atom. The van der Waals surface area contributed by atoms with Gasteiger partial charge in [-0.2, -0.15) is 40.9 Å². The van der Waals surface area contributed by atoms with Crippen LogP contribution < -0.4 is 9.47 Å². The van der Waals surface area contributed by atoms with Crippen molar-refractivity contribution >= 4 is 5.52 Å². The lowest BCUT2D eigenvalue weighted by Gasteiger charge is -2.10. The van der Waals surface area contributed by atoms with Gasteiger partial charge in [-0.3, -0.25) is 0 Å². The molecular weight excluding hydrogens is 473 g/mol. The molecule has 1 aromatic carbocycles. The van der Waals surface area contributed by atoms with Crippen LogP contribution in [0.15, 0.2) is 54.7 Å². The lowest BCUT2D eigenvalue weighted by molar-refractivity contribution is -0.155. The molecule has 0 aliphatic carbocycles. The molecule has 0 fully saturated rings. The van der Waals surface area contributed by atoms with E-state index in [2.05, 4.69) is 19.8 Å². The molecule has 0 saturated heterocycles. The summed E-state index contributed by atoms with van der Waals surface area (Å²) in [5.41, 5.74) is 1.10. The Hall–Kier alpha value is -3.90. The van der Waals surface area contributed by atoms with E-state index < -0.39 is 37.4 Å². The third kappa shape index (κ3) is 5.35. The fourth-order valence-corrected chi connectivity index (χ4v) is 3.07. The van der Waals surface area contributed by atoms with Gasteiger partial charge in [0.05, 0.1) is 16.8 Å². The predicted octanol–water partition coefficient (Wildman–Crippen LogP) is 5.48. The van der Waals surface area contributed by atoms with Crippen LogP contribution in [0.4, 0.5) is 30.7 Å². The first kappa shape index (κ1) is 23.3. The Kier molecular flexibility index (Phi) is 6.02. The van der Waals surface area contributed by atoms with Gasteiger partial charge in [-0.05, 0) is 36.4 Å². The third-order valence-electron chi connectivity index (χ3n) is 4.38. The minimum absolute atomic E-state index is 0.0782. The van der Waals surface area contributed by atoms with Gasteiger partial charge in [0.2, 0.25) is 5.88 Å². The molecule has 4 rings (SSSR count). The Bertz CT molecular complexity index is 1300. The summed E-state index contributed by atoms with van der Waals surface area (Å²) < 4.78 is 99.7. The van der Waals surface area contributed by atoms with Crippen LogP contribution in [0.2, 0.25) is 0 Å². The van der Waals surface area contributed by atoms with Gasteiger partial charge >= 0.3 is 18.4 Å². The Labute approximate surface area is 186 Å². The van der Waals surface area contributed by atoms with Gasteiger partial charge in [-0.1, -0.05) is 6.07 Å². The van der Waals surface area contributed by atoms with Crippen molar-refractivity contribution in [3.8, 4) is 34.4 Å². The van der Waals surface area contributed by atoms with E-state index in [0.717, 1.165) is 22.8 Å². The highest BCUT2D eigenvalue weighted by molar-refractivity contribution is 5.91. The molecule has 0 bridgehead atoms. The van der Waals surface area contributed by atoms with E-state index in [0.29, 0.717) is 5.56 Å². The topological polar surface area (TPSA) is 61.5 Å². The van der Waals surface area contributed by atoms with Gasteiger partial charge in [0.15, 0.2) is 13.2 Å². The molecule has 0 aliphatic heterocycles. The van der Waals surface area contributed by atoms with Crippen molar-refractivity contribution in [1.29, 1.82) is 0 Å². The van der Waals surface area contributed by atoms with Crippen LogP contribution in [0.3, 0.4) is 0 Å². The maximum Gasteiger partial charge on any atom is 0.422 e. The average Bonchev–Trinajstić information content (AvgIpc) is 3.16. The quantitative estimate of drug-likeness (QED) is 0.338. The molecule has 13 heteroatoms. The van der Waals surface area contributed by atoms with Gasteiger partial charge in [-0.15, -0.1) is 0 Å². The maximum atomic E-state index is 13.5. The minimum Gasteiger partial charge on any atom is -0.468 e. The van der Waals surface area contributed by atoms with Crippen LogP contribution >= 0.6 is 0 Å². The van der Waals surface area contributed by atoms with Crippen molar-refractivity contribution in [2.75, 3.05) is 13.2 Å². The van der Waals surface area contributed by atoms with E-state index in [9.17, 15) is 30.7 Å². The van der Waals surface area contributed by atoms with E-state index in [-0.39, 0.29) is 28.3 Å².